The zero-order chi connectivity index (χ0) is 17.2. The van der Waals surface area contributed by atoms with E-state index >= 15 is 0 Å². The quantitative estimate of drug-likeness (QED) is 0.736. The molecule has 0 spiro atoms. The van der Waals surface area contributed by atoms with Crippen molar-refractivity contribution in [1.82, 2.24) is 14.7 Å². The highest BCUT2D eigenvalue weighted by molar-refractivity contribution is 7.15. The Morgan fingerprint density at radius 3 is 3.00 bits per heavy atom. The van der Waals surface area contributed by atoms with Crippen LogP contribution in [0.2, 0.25) is 5.02 Å². The number of carbonyl (C=O) groups is 1. The minimum atomic E-state index is -0.0646. The molecule has 1 aromatic carbocycles. The Morgan fingerprint density at radius 2 is 2.24 bits per heavy atom. The van der Waals surface area contributed by atoms with Crippen LogP contribution in [-0.4, -0.2) is 35.1 Å². The van der Waals surface area contributed by atoms with Crippen LogP contribution in [-0.2, 0) is 4.74 Å². The summed E-state index contributed by atoms with van der Waals surface area (Å²) in [6, 6.07) is 7.53. The van der Waals surface area contributed by atoms with Crippen molar-refractivity contribution in [1.29, 1.82) is 0 Å². The number of halogens is 1. The standard InChI is InChI=1S/C18H18ClN3O2S/c19-14-3-1-13(2-4-14)15-9-22-16(11-25-18(22)21-15)17(23)20-7-5-12-6-8-24-10-12/h1-4,9,11-12H,5-8,10H2,(H,20,23). The number of benzene rings is 1. The first-order valence-corrected chi connectivity index (χ1v) is 9.55. The molecular weight excluding hydrogens is 358 g/mol. The van der Waals surface area contributed by atoms with Gasteiger partial charge in [0.25, 0.3) is 5.91 Å². The minimum absolute atomic E-state index is 0.0646. The molecule has 25 heavy (non-hydrogen) atoms. The van der Waals surface area contributed by atoms with Gasteiger partial charge in [0.05, 0.1) is 5.69 Å². The number of nitrogens with one attached hydrogen (secondary N) is 1. The third-order valence-corrected chi connectivity index (χ3v) is 5.54. The summed E-state index contributed by atoms with van der Waals surface area (Å²) < 4.78 is 7.21. The third kappa shape index (κ3) is 3.56. The Kier molecular flexibility index (Phi) is 4.74. The van der Waals surface area contributed by atoms with Crippen LogP contribution in [0, 0.1) is 5.92 Å². The molecule has 1 N–H and O–H groups in total. The van der Waals surface area contributed by atoms with Crippen LogP contribution >= 0.6 is 22.9 Å². The number of carbonyl (C=O) groups excluding carboxylic acids is 1. The van der Waals surface area contributed by atoms with Gasteiger partial charge in [-0.2, -0.15) is 0 Å². The summed E-state index contributed by atoms with van der Waals surface area (Å²) in [5.41, 5.74) is 2.43. The van der Waals surface area contributed by atoms with Crippen LogP contribution in [0.25, 0.3) is 16.2 Å². The van der Waals surface area contributed by atoms with Gasteiger partial charge in [-0.05, 0) is 30.9 Å². The van der Waals surface area contributed by atoms with Gasteiger partial charge in [-0.1, -0.05) is 23.7 Å². The Bertz CT molecular complexity index is 882. The third-order valence-electron chi connectivity index (χ3n) is 4.44. The molecule has 5 nitrogen and oxygen atoms in total. The minimum Gasteiger partial charge on any atom is -0.381 e. The summed E-state index contributed by atoms with van der Waals surface area (Å²) in [7, 11) is 0. The fraction of sp³-hybridized carbons (Fsp3) is 0.333. The molecule has 1 atom stereocenters. The van der Waals surface area contributed by atoms with Crippen molar-refractivity contribution in [2.24, 2.45) is 5.92 Å². The number of thiazole rings is 1. The van der Waals surface area contributed by atoms with Gasteiger partial charge in [-0.25, -0.2) is 4.98 Å². The first-order chi connectivity index (χ1) is 12.2. The highest BCUT2D eigenvalue weighted by Gasteiger charge is 2.18. The average Bonchev–Trinajstić information content (AvgIpc) is 3.32. The number of hydrogen-bond acceptors (Lipinski definition) is 4. The number of amides is 1. The summed E-state index contributed by atoms with van der Waals surface area (Å²) in [6.07, 6.45) is 3.94. The van der Waals surface area contributed by atoms with Crippen molar-refractivity contribution in [2.45, 2.75) is 12.8 Å². The Balaban J connectivity index is 1.47. The van der Waals surface area contributed by atoms with Crippen LogP contribution in [0.1, 0.15) is 23.3 Å². The summed E-state index contributed by atoms with van der Waals surface area (Å²) in [4.78, 5) is 17.9. The van der Waals surface area contributed by atoms with Gasteiger partial charge >= 0.3 is 0 Å². The number of imidazole rings is 1. The largest absolute Gasteiger partial charge is 0.381 e. The Hall–Kier alpha value is -1.89. The first-order valence-electron chi connectivity index (χ1n) is 8.29. The SMILES string of the molecule is O=C(NCCC1CCOC1)c1csc2nc(-c3ccc(Cl)cc3)cn12. The fourth-order valence-electron chi connectivity index (χ4n) is 3.00. The molecule has 1 fully saturated rings. The van der Waals surface area contributed by atoms with E-state index < -0.39 is 0 Å². The monoisotopic (exact) mass is 375 g/mol. The zero-order valence-corrected chi connectivity index (χ0v) is 15.1. The molecular formula is C18H18ClN3O2S. The number of rotatable bonds is 5. The van der Waals surface area contributed by atoms with Crippen LogP contribution < -0.4 is 5.32 Å². The summed E-state index contributed by atoms with van der Waals surface area (Å²) in [6.45, 7) is 2.32. The number of hydrogen-bond donors (Lipinski definition) is 1. The van der Waals surface area contributed by atoms with Gasteiger partial charge in [0.1, 0.15) is 5.69 Å². The van der Waals surface area contributed by atoms with Crippen LogP contribution in [0.5, 0.6) is 0 Å². The molecule has 0 bridgehead atoms. The first kappa shape index (κ1) is 16.6. The van der Waals surface area contributed by atoms with Gasteiger partial charge in [0.2, 0.25) is 0 Å². The molecule has 130 valence electrons. The van der Waals surface area contributed by atoms with Crippen molar-refractivity contribution in [2.75, 3.05) is 19.8 Å². The smallest absolute Gasteiger partial charge is 0.269 e. The topological polar surface area (TPSA) is 55.6 Å². The molecule has 7 heteroatoms. The predicted octanol–water partition coefficient (Wildman–Crippen LogP) is 3.87. The molecule has 2 aromatic heterocycles. The summed E-state index contributed by atoms with van der Waals surface area (Å²) in [5.74, 6) is 0.498. The highest BCUT2D eigenvalue weighted by atomic mass is 35.5. The molecule has 3 aromatic rings. The van der Waals surface area contributed by atoms with E-state index in [4.69, 9.17) is 16.3 Å². The lowest BCUT2D eigenvalue weighted by molar-refractivity contribution is 0.0945. The summed E-state index contributed by atoms with van der Waals surface area (Å²) >= 11 is 7.40. The molecule has 1 amide bonds. The van der Waals surface area contributed by atoms with E-state index in [1.165, 1.54) is 11.3 Å². The van der Waals surface area contributed by atoms with Gasteiger partial charge in [-0.3, -0.25) is 9.20 Å². The molecule has 0 radical (unpaired) electrons. The number of fused-ring (bicyclic) bond motifs is 1. The Labute approximate surface area is 154 Å². The van der Waals surface area contributed by atoms with E-state index in [9.17, 15) is 4.79 Å². The van der Waals surface area contributed by atoms with Gasteiger partial charge in [0, 0.05) is 41.9 Å². The van der Waals surface area contributed by atoms with Crippen molar-refractivity contribution < 1.29 is 9.53 Å². The number of ether oxygens (including phenoxy) is 1. The van der Waals surface area contributed by atoms with E-state index in [0.717, 1.165) is 42.3 Å². The number of nitrogens with zero attached hydrogens (tertiary/aromatic N) is 2. The molecule has 0 saturated carbocycles. The van der Waals surface area contributed by atoms with Crippen molar-refractivity contribution in [3.05, 3.63) is 46.6 Å². The second kappa shape index (κ2) is 7.15. The molecule has 4 rings (SSSR count). The van der Waals surface area contributed by atoms with E-state index in [1.807, 2.05) is 40.2 Å². The molecule has 0 aliphatic carbocycles. The Morgan fingerprint density at radius 1 is 1.40 bits per heavy atom. The van der Waals surface area contributed by atoms with Gasteiger partial charge in [-0.15, -0.1) is 11.3 Å². The maximum atomic E-state index is 12.5. The van der Waals surface area contributed by atoms with Crippen LogP contribution in [0.15, 0.2) is 35.8 Å². The molecule has 1 unspecified atom stereocenters. The lowest BCUT2D eigenvalue weighted by Crippen LogP contribution is -2.27. The van der Waals surface area contributed by atoms with Gasteiger partial charge < -0.3 is 10.1 Å². The maximum absolute atomic E-state index is 12.5. The summed E-state index contributed by atoms with van der Waals surface area (Å²) in [5, 5.41) is 5.55. The molecule has 1 aliphatic heterocycles. The normalized spacial score (nSPS) is 17.2. The van der Waals surface area contributed by atoms with Crippen molar-refractivity contribution in [3.8, 4) is 11.3 Å². The fourth-order valence-corrected chi connectivity index (χ4v) is 3.98. The van der Waals surface area contributed by atoms with E-state index in [1.54, 1.807) is 0 Å². The van der Waals surface area contributed by atoms with Crippen molar-refractivity contribution in [3.63, 3.8) is 0 Å². The highest BCUT2D eigenvalue weighted by Crippen LogP contribution is 2.25. The van der Waals surface area contributed by atoms with Gasteiger partial charge in [0.15, 0.2) is 4.96 Å². The average molecular weight is 376 g/mol. The lowest BCUT2D eigenvalue weighted by Gasteiger charge is -2.08. The van der Waals surface area contributed by atoms with Crippen molar-refractivity contribution >= 4 is 33.8 Å². The van der Waals surface area contributed by atoms with Crippen LogP contribution in [0.3, 0.4) is 0 Å². The van der Waals surface area contributed by atoms with E-state index in [2.05, 4.69) is 10.3 Å². The molecule has 1 aliphatic rings. The molecule has 1 saturated heterocycles. The second-order valence-corrected chi connectivity index (χ2v) is 7.45. The van der Waals surface area contributed by atoms with E-state index in [0.29, 0.717) is 23.2 Å². The number of aromatic nitrogens is 2. The maximum Gasteiger partial charge on any atom is 0.269 e. The predicted molar refractivity (Wildman–Crippen MR) is 99.4 cm³/mol. The lowest BCUT2D eigenvalue weighted by atomic mass is 10.1. The van der Waals surface area contributed by atoms with Crippen LogP contribution in [0.4, 0.5) is 0 Å². The van der Waals surface area contributed by atoms with E-state index in [-0.39, 0.29) is 5.91 Å². The second-order valence-electron chi connectivity index (χ2n) is 6.18. The zero-order valence-electron chi connectivity index (χ0n) is 13.6. The molecule has 3 heterocycles.